The van der Waals surface area contributed by atoms with Gasteiger partial charge in [-0.15, -0.1) is 0 Å². The molecule has 0 atom stereocenters. The summed E-state index contributed by atoms with van der Waals surface area (Å²) in [5.74, 6) is 0.508. The van der Waals surface area contributed by atoms with Gasteiger partial charge in [0, 0.05) is 38.7 Å². The Labute approximate surface area is 192 Å². The van der Waals surface area contributed by atoms with Crippen molar-refractivity contribution in [2.45, 2.75) is 32.7 Å². The minimum absolute atomic E-state index is 0.0351. The average molecular weight is 445 g/mol. The van der Waals surface area contributed by atoms with Crippen molar-refractivity contribution < 1.29 is 9.59 Å². The Bertz CT molecular complexity index is 1230. The van der Waals surface area contributed by atoms with E-state index in [2.05, 4.69) is 15.3 Å². The van der Waals surface area contributed by atoms with Gasteiger partial charge < -0.3 is 9.88 Å². The molecule has 4 rings (SSSR count). The smallest absolute Gasteiger partial charge is 0.252 e. The number of pyridine rings is 1. The molecule has 0 fully saturated rings. The number of aromatic nitrogens is 4. The van der Waals surface area contributed by atoms with E-state index in [-0.39, 0.29) is 11.8 Å². The van der Waals surface area contributed by atoms with E-state index >= 15 is 0 Å². The van der Waals surface area contributed by atoms with Crippen LogP contribution in [0.15, 0.2) is 67.4 Å². The molecular formula is C25H28N6O2. The Hall–Kier alpha value is -3.94. The van der Waals surface area contributed by atoms with Crippen LogP contribution in [0.2, 0.25) is 0 Å². The lowest BCUT2D eigenvalue weighted by Crippen LogP contribution is -2.30. The minimum Gasteiger partial charge on any atom is -0.352 e. The van der Waals surface area contributed by atoms with Crippen molar-refractivity contribution in [3.8, 4) is 0 Å². The first-order chi connectivity index (χ1) is 16.1. The summed E-state index contributed by atoms with van der Waals surface area (Å²) < 4.78 is 3.81. The molecular weight excluding hydrogens is 416 g/mol. The summed E-state index contributed by atoms with van der Waals surface area (Å²) in [7, 11) is 1.76. The van der Waals surface area contributed by atoms with Gasteiger partial charge >= 0.3 is 0 Å². The van der Waals surface area contributed by atoms with Crippen LogP contribution in [0, 0.1) is 0 Å². The molecule has 8 nitrogen and oxygen atoms in total. The first-order valence-electron chi connectivity index (χ1n) is 11.1. The zero-order valence-electron chi connectivity index (χ0n) is 18.9. The van der Waals surface area contributed by atoms with E-state index in [0.717, 1.165) is 24.2 Å². The van der Waals surface area contributed by atoms with Gasteiger partial charge in [0.25, 0.3) is 5.91 Å². The van der Waals surface area contributed by atoms with Crippen molar-refractivity contribution in [3.63, 3.8) is 0 Å². The lowest BCUT2D eigenvalue weighted by molar-refractivity contribution is -0.117. The van der Waals surface area contributed by atoms with Gasteiger partial charge in [-0.25, -0.2) is 9.97 Å². The fourth-order valence-electron chi connectivity index (χ4n) is 3.80. The summed E-state index contributed by atoms with van der Waals surface area (Å²) >= 11 is 0. The van der Waals surface area contributed by atoms with Gasteiger partial charge in [0.2, 0.25) is 5.91 Å². The third kappa shape index (κ3) is 5.11. The lowest BCUT2D eigenvalue weighted by Gasteiger charge is -2.18. The van der Waals surface area contributed by atoms with E-state index in [4.69, 9.17) is 0 Å². The Morgan fingerprint density at radius 3 is 2.67 bits per heavy atom. The summed E-state index contributed by atoms with van der Waals surface area (Å²) in [5.41, 5.74) is 3.00. The second-order valence-corrected chi connectivity index (χ2v) is 7.91. The number of amides is 2. The highest BCUT2D eigenvalue weighted by Gasteiger charge is 2.21. The molecule has 0 saturated heterocycles. The number of carbonyl (C=O) groups excluding carboxylic acids is 2. The molecule has 0 aliphatic carbocycles. The van der Waals surface area contributed by atoms with Gasteiger partial charge in [0.1, 0.15) is 11.5 Å². The van der Waals surface area contributed by atoms with Crippen molar-refractivity contribution in [1.82, 2.24) is 24.3 Å². The molecule has 4 aromatic rings. The summed E-state index contributed by atoms with van der Waals surface area (Å²) in [6.45, 7) is 3.36. The van der Waals surface area contributed by atoms with Crippen LogP contribution >= 0.6 is 0 Å². The van der Waals surface area contributed by atoms with Crippen LogP contribution in [0.4, 0.5) is 5.82 Å². The number of imidazole rings is 2. The minimum atomic E-state index is -0.154. The molecule has 33 heavy (non-hydrogen) atoms. The number of hydrogen-bond acceptors (Lipinski definition) is 4. The molecule has 2 amide bonds. The van der Waals surface area contributed by atoms with E-state index in [1.807, 2.05) is 58.5 Å². The number of carbonyl (C=O) groups is 2. The van der Waals surface area contributed by atoms with Gasteiger partial charge in [-0.05, 0) is 30.5 Å². The van der Waals surface area contributed by atoms with Gasteiger partial charge in [-0.1, -0.05) is 37.3 Å². The molecule has 3 aromatic heterocycles. The lowest BCUT2D eigenvalue weighted by atomic mass is 10.1. The molecule has 8 heteroatoms. The predicted molar refractivity (Wildman–Crippen MR) is 127 cm³/mol. The zero-order valence-corrected chi connectivity index (χ0v) is 18.9. The van der Waals surface area contributed by atoms with Crippen LogP contribution in [0.5, 0.6) is 0 Å². The van der Waals surface area contributed by atoms with Crippen molar-refractivity contribution in [2.75, 3.05) is 18.5 Å². The molecule has 0 bridgehead atoms. The van der Waals surface area contributed by atoms with Crippen LogP contribution in [0.25, 0.3) is 5.65 Å². The molecule has 0 saturated carbocycles. The second-order valence-electron chi connectivity index (χ2n) is 7.91. The summed E-state index contributed by atoms with van der Waals surface area (Å²) in [6.07, 6.45) is 8.93. The largest absolute Gasteiger partial charge is 0.352 e. The Morgan fingerprint density at radius 2 is 1.94 bits per heavy atom. The second kappa shape index (κ2) is 10.1. The number of rotatable bonds is 9. The van der Waals surface area contributed by atoms with Crippen LogP contribution in [-0.2, 0) is 24.2 Å². The van der Waals surface area contributed by atoms with Crippen LogP contribution in [0.1, 0.15) is 35.0 Å². The van der Waals surface area contributed by atoms with E-state index < -0.39 is 0 Å². The Kier molecular flexibility index (Phi) is 6.83. The Morgan fingerprint density at radius 1 is 1.12 bits per heavy atom. The molecule has 0 spiro atoms. The molecule has 0 aliphatic rings. The predicted octanol–water partition coefficient (Wildman–Crippen LogP) is 3.12. The monoisotopic (exact) mass is 444 g/mol. The average Bonchev–Trinajstić information content (AvgIpc) is 3.48. The van der Waals surface area contributed by atoms with E-state index in [0.29, 0.717) is 36.4 Å². The summed E-state index contributed by atoms with van der Waals surface area (Å²) in [6, 6.07) is 13.2. The molecule has 1 aromatic carbocycles. The number of likely N-dealkylation sites (N-methyl/N-ethyl adjacent to an activating group) is 1. The zero-order chi connectivity index (χ0) is 23.2. The summed E-state index contributed by atoms with van der Waals surface area (Å²) in [5, 5.41) is 2.96. The van der Waals surface area contributed by atoms with Crippen molar-refractivity contribution in [1.29, 1.82) is 0 Å². The first kappa shape index (κ1) is 22.3. The fraction of sp³-hybridized carbons (Fsp3) is 0.280. The number of aryl methyl sites for hydroxylation is 2. The molecule has 1 N–H and O–H groups in total. The van der Waals surface area contributed by atoms with Gasteiger partial charge in [0.05, 0.1) is 24.0 Å². The number of anilines is 1. The molecule has 0 aliphatic heterocycles. The Balaban J connectivity index is 1.50. The van der Waals surface area contributed by atoms with Crippen molar-refractivity contribution in [3.05, 3.63) is 84.2 Å². The van der Waals surface area contributed by atoms with Gasteiger partial charge in [0.15, 0.2) is 0 Å². The number of fused-ring (bicyclic) bond motifs is 1. The molecule has 170 valence electrons. The molecule has 0 radical (unpaired) electrons. The van der Waals surface area contributed by atoms with Crippen LogP contribution in [0.3, 0.4) is 0 Å². The molecule has 3 heterocycles. The maximum absolute atomic E-state index is 13.0. The standard InChI is InChI=1S/C25H28N6O2/c1-3-21-25(29(2)23(32)16-19-8-5-4-6-9-19)31-17-20(10-11-22(31)28-21)24(33)27-12-7-14-30-15-13-26-18-30/h4-6,8-11,13,15,17-18H,3,7,12,14,16H2,1-2H3,(H,27,33). The van der Waals surface area contributed by atoms with Crippen LogP contribution < -0.4 is 10.2 Å². The number of nitrogens with zero attached hydrogens (tertiary/aromatic N) is 5. The van der Waals surface area contributed by atoms with Gasteiger partial charge in [-0.3, -0.25) is 18.9 Å². The highest BCUT2D eigenvalue weighted by atomic mass is 16.2. The van der Waals surface area contributed by atoms with Crippen LogP contribution in [-0.4, -0.2) is 44.3 Å². The number of hydrogen-bond donors (Lipinski definition) is 1. The highest BCUT2D eigenvalue weighted by molar-refractivity contribution is 5.96. The summed E-state index contributed by atoms with van der Waals surface area (Å²) in [4.78, 5) is 36.1. The van der Waals surface area contributed by atoms with E-state index in [1.165, 1.54) is 0 Å². The van der Waals surface area contributed by atoms with E-state index in [1.54, 1.807) is 36.7 Å². The number of benzene rings is 1. The van der Waals surface area contributed by atoms with Gasteiger partial charge in [-0.2, -0.15) is 0 Å². The van der Waals surface area contributed by atoms with Crippen molar-refractivity contribution in [2.24, 2.45) is 0 Å². The topological polar surface area (TPSA) is 84.5 Å². The highest BCUT2D eigenvalue weighted by Crippen LogP contribution is 2.24. The van der Waals surface area contributed by atoms with Crippen molar-refractivity contribution >= 4 is 23.3 Å². The van der Waals surface area contributed by atoms with E-state index in [9.17, 15) is 9.59 Å². The first-order valence-corrected chi connectivity index (χ1v) is 11.1. The fourth-order valence-corrected chi connectivity index (χ4v) is 3.80. The number of nitrogens with one attached hydrogen (secondary N) is 1. The normalized spacial score (nSPS) is 11.0. The third-order valence-corrected chi connectivity index (χ3v) is 5.59. The quantitative estimate of drug-likeness (QED) is 0.402. The maximum Gasteiger partial charge on any atom is 0.252 e. The molecule has 0 unspecified atom stereocenters. The SMILES string of the molecule is CCc1nc2ccc(C(=O)NCCCn3ccnc3)cn2c1N(C)C(=O)Cc1ccccc1. The third-order valence-electron chi connectivity index (χ3n) is 5.59. The maximum atomic E-state index is 13.0.